The van der Waals surface area contributed by atoms with Crippen LogP contribution in [0.15, 0.2) is 101 Å². The number of anilines is 1. The van der Waals surface area contributed by atoms with Crippen molar-refractivity contribution in [1.29, 1.82) is 0 Å². The van der Waals surface area contributed by atoms with Crippen LogP contribution in [0.25, 0.3) is 0 Å². The monoisotopic (exact) mass is 463 g/mol. The molecular weight excluding hydrogens is 444 g/mol. The molecule has 0 aliphatic heterocycles. The third kappa shape index (κ3) is 4.65. The summed E-state index contributed by atoms with van der Waals surface area (Å²) in [6, 6.07) is 29.3. The summed E-state index contributed by atoms with van der Waals surface area (Å²) in [4.78, 5) is 18.7. The van der Waals surface area contributed by atoms with Crippen LogP contribution in [-0.4, -0.2) is 28.3 Å². The zero-order valence-electron chi connectivity index (χ0n) is 17.2. The van der Waals surface area contributed by atoms with Crippen molar-refractivity contribution >= 4 is 28.1 Å². The van der Waals surface area contributed by atoms with Crippen molar-refractivity contribution in [2.75, 3.05) is 5.32 Å². The average Bonchev–Trinajstić information content (AvgIpc) is 3.30. The smallest absolute Gasteiger partial charge is 0.356 e. The lowest BCUT2D eigenvalue weighted by Crippen LogP contribution is -2.38. The van der Waals surface area contributed by atoms with Crippen molar-refractivity contribution in [3.8, 4) is 0 Å². The maximum atomic E-state index is 12.8. The van der Waals surface area contributed by atoms with Crippen LogP contribution in [0.3, 0.4) is 0 Å². The predicted octanol–water partition coefficient (Wildman–Crippen LogP) is 5.64. The summed E-state index contributed by atoms with van der Waals surface area (Å²) in [5.41, 5.74) is 1.01. The van der Waals surface area contributed by atoms with E-state index >= 15 is 0 Å². The highest BCUT2D eigenvalue weighted by Crippen LogP contribution is 2.40. The number of aliphatic carboxylic acids is 1. The topological polar surface area (TPSA) is 74.6 Å². The molecule has 0 amide bonds. The van der Waals surface area contributed by atoms with Gasteiger partial charge in [0.1, 0.15) is 11.2 Å². The molecule has 0 spiro atoms. The number of carboxylic acids is 1. The van der Waals surface area contributed by atoms with E-state index < -0.39 is 23.8 Å². The fourth-order valence-electron chi connectivity index (χ4n) is 3.71. The molecule has 8 heteroatoms. The zero-order valence-corrected chi connectivity index (χ0v) is 18.0. The second-order valence-electron chi connectivity index (χ2n) is 7.07. The van der Waals surface area contributed by atoms with Gasteiger partial charge in [0.05, 0.1) is 0 Å². The van der Waals surface area contributed by atoms with Crippen molar-refractivity contribution in [2.24, 2.45) is 4.99 Å². The molecule has 0 radical (unpaired) electrons. The van der Waals surface area contributed by atoms with E-state index in [1.807, 2.05) is 91.0 Å². The van der Waals surface area contributed by atoms with Gasteiger partial charge in [-0.3, -0.25) is 0 Å². The Bertz CT molecular complexity index is 1150. The number of benzene rings is 3. The third-order valence-corrected chi connectivity index (χ3v) is 5.85. The number of nitrogens with zero attached hydrogens (tertiary/aromatic N) is 2. The number of rotatable bonds is 8. The number of nitrogens with one attached hydrogen (secondary N) is 1. The molecule has 0 fully saturated rings. The van der Waals surface area contributed by atoms with Crippen molar-refractivity contribution in [3.63, 3.8) is 0 Å². The maximum absolute atomic E-state index is 12.8. The summed E-state index contributed by atoms with van der Waals surface area (Å²) >= 11 is 1.12. The standard InChI is InChI=1S/C25H19F2N3O2S/c26-23(27)29-21(22(31)32)20-16-33-24(28-20)30-25(17-10-4-1-5-11-17,18-12-6-2-7-13-18)19-14-8-3-9-15-19/h1-16,23H,(H,28,30)(H,31,32). The molecule has 0 atom stereocenters. The number of aromatic nitrogens is 1. The molecule has 0 aliphatic carbocycles. The maximum Gasteiger partial charge on any atom is 0.356 e. The van der Waals surface area contributed by atoms with E-state index in [0.717, 1.165) is 28.0 Å². The van der Waals surface area contributed by atoms with Gasteiger partial charge in [-0.2, -0.15) is 8.78 Å². The molecule has 4 aromatic rings. The second kappa shape index (κ2) is 9.70. The van der Waals surface area contributed by atoms with E-state index in [1.54, 1.807) is 0 Å². The molecule has 0 unspecified atom stereocenters. The normalized spacial score (nSPS) is 12.0. The lowest BCUT2D eigenvalue weighted by atomic mass is 9.77. The first-order valence-electron chi connectivity index (χ1n) is 10.0. The molecule has 166 valence electrons. The number of halogens is 2. The van der Waals surface area contributed by atoms with E-state index in [9.17, 15) is 18.7 Å². The first-order chi connectivity index (χ1) is 16.0. The van der Waals surface area contributed by atoms with Crippen LogP contribution in [0.5, 0.6) is 0 Å². The largest absolute Gasteiger partial charge is 0.476 e. The molecule has 5 nitrogen and oxygen atoms in total. The molecule has 0 saturated heterocycles. The summed E-state index contributed by atoms with van der Waals surface area (Å²) < 4.78 is 25.6. The van der Waals surface area contributed by atoms with Gasteiger partial charge >= 0.3 is 12.5 Å². The Morgan fingerprint density at radius 3 is 1.73 bits per heavy atom. The average molecular weight is 464 g/mol. The van der Waals surface area contributed by atoms with Gasteiger partial charge in [-0.1, -0.05) is 91.0 Å². The quantitative estimate of drug-likeness (QED) is 0.201. The van der Waals surface area contributed by atoms with Gasteiger partial charge in [-0.05, 0) is 16.7 Å². The SMILES string of the molecule is O=C(O)C(=NC(F)F)c1csc(NC(c2ccccc2)(c2ccccc2)c2ccccc2)n1. The fourth-order valence-corrected chi connectivity index (χ4v) is 4.46. The van der Waals surface area contributed by atoms with Crippen molar-refractivity contribution in [1.82, 2.24) is 4.98 Å². The Kier molecular flexibility index (Phi) is 6.55. The predicted molar refractivity (Wildman–Crippen MR) is 125 cm³/mol. The van der Waals surface area contributed by atoms with Crippen LogP contribution < -0.4 is 5.32 Å². The van der Waals surface area contributed by atoms with Gasteiger partial charge in [-0.15, -0.1) is 11.3 Å². The molecule has 3 aromatic carbocycles. The number of carbonyl (C=O) groups is 1. The van der Waals surface area contributed by atoms with Crippen LogP contribution in [0, 0.1) is 0 Å². The van der Waals surface area contributed by atoms with Gasteiger partial charge in [0, 0.05) is 5.38 Å². The van der Waals surface area contributed by atoms with E-state index in [1.165, 1.54) is 5.38 Å². The summed E-state index contributed by atoms with van der Waals surface area (Å²) in [6.07, 6.45) is 0. The molecule has 1 aromatic heterocycles. The molecule has 0 aliphatic rings. The fraction of sp³-hybridized carbons (Fsp3) is 0.0800. The van der Waals surface area contributed by atoms with E-state index in [0.29, 0.717) is 5.13 Å². The zero-order chi connectivity index (χ0) is 23.3. The molecule has 0 bridgehead atoms. The molecule has 33 heavy (non-hydrogen) atoms. The van der Waals surface area contributed by atoms with Crippen molar-refractivity contribution in [2.45, 2.75) is 12.1 Å². The van der Waals surface area contributed by atoms with Crippen LogP contribution in [0.4, 0.5) is 13.9 Å². The Morgan fingerprint density at radius 1 is 0.879 bits per heavy atom. The molecular formula is C25H19F2N3O2S. The lowest BCUT2D eigenvalue weighted by Gasteiger charge is -2.36. The highest BCUT2D eigenvalue weighted by molar-refractivity contribution is 7.14. The second-order valence-corrected chi connectivity index (χ2v) is 7.93. The lowest BCUT2D eigenvalue weighted by molar-refractivity contribution is -0.129. The Hall–Kier alpha value is -3.91. The number of hydrogen-bond donors (Lipinski definition) is 2. The number of alkyl halides is 2. The molecule has 2 N–H and O–H groups in total. The van der Waals surface area contributed by atoms with E-state index in [2.05, 4.69) is 15.3 Å². The van der Waals surface area contributed by atoms with Gasteiger partial charge in [-0.25, -0.2) is 14.8 Å². The van der Waals surface area contributed by atoms with Crippen LogP contribution in [0.1, 0.15) is 22.4 Å². The summed E-state index contributed by atoms with van der Waals surface area (Å²) in [5.74, 6) is -1.56. The minimum absolute atomic E-state index is 0.126. The van der Waals surface area contributed by atoms with Gasteiger partial charge in [0.2, 0.25) is 0 Å². The highest BCUT2D eigenvalue weighted by atomic mass is 32.1. The first-order valence-corrected chi connectivity index (χ1v) is 10.9. The van der Waals surface area contributed by atoms with Crippen molar-refractivity contribution in [3.05, 3.63) is 119 Å². The summed E-state index contributed by atoms with van der Waals surface area (Å²) in [7, 11) is 0. The summed E-state index contributed by atoms with van der Waals surface area (Å²) in [6.45, 7) is -3.15. The number of thiazole rings is 1. The molecule has 0 saturated carbocycles. The number of carboxylic acid groups (broad SMARTS) is 1. The van der Waals surface area contributed by atoms with Gasteiger partial charge in [0.25, 0.3) is 0 Å². The molecule has 4 rings (SSSR count). The Morgan fingerprint density at radius 2 is 1.33 bits per heavy atom. The van der Waals surface area contributed by atoms with Gasteiger partial charge in [0.15, 0.2) is 10.8 Å². The van der Waals surface area contributed by atoms with E-state index in [-0.39, 0.29) is 5.69 Å². The Balaban J connectivity index is 1.89. The highest BCUT2D eigenvalue weighted by Gasteiger charge is 2.37. The van der Waals surface area contributed by atoms with Crippen LogP contribution in [-0.2, 0) is 10.3 Å². The van der Waals surface area contributed by atoms with Gasteiger partial charge < -0.3 is 10.4 Å². The van der Waals surface area contributed by atoms with Crippen LogP contribution in [0.2, 0.25) is 0 Å². The Labute approximate surface area is 193 Å². The minimum Gasteiger partial charge on any atom is -0.476 e. The van der Waals surface area contributed by atoms with E-state index in [4.69, 9.17) is 0 Å². The van der Waals surface area contributed by atoms with Crippen LogP contribution >= 0.6 is 11.3 Å². The third-order valence-electron chi connectivity index (χ3n) is 5.09. The van der Waals surface area contributed by atoms with Crippen molar-refractivity contribution < 1.29 is 18.7 Å². The summed E-state index contributed by atoms with van der Waals surface area (Å²) in [5, 5.41) is 14.6. The number of aliphatic imine (C=N–C) groups is 1. The number of hydrogen-bond acceptors (Lipinski definition) is 5. The molecule has 1 heterocycles. The first kappa shape index (κ1) is 22.3. The minimum atomic E-state index is -3.15.